The fraction of sp³-hybridized carbons (Fsp3) is 0.231. The third kappa shape index (κ3) is 2.15. The van der Waals surface area contributed by atoms with E-state index < -0.39 is 0 Å². The van der Waals surface area contributed by atoms with Crippen LogP contribution >= 0.6 is 11.3 Å². The van der Waals surface area contributed by atoms with Gasteiger partial charge < -0.3 is 15.5 Å². The van der Waals surface area contributed by atoms with E-state index in [4.69, 9.17) is 10.2 Å². The van der Waals surface area contributed by atoms with Crippen molar-refractivity contribution < 1.29 is 4.42 Å². The fourth-order valence-corrected chi connectivity index (χ4v) is 2.58. The lowest BCUT2D eigenvalue weighted by atomic mass is 10.2. The Balaban J connectivity index is 1.83. The van der Waals surface area contributed by atoms with Crippen LogP contribution in [-0.4, -0.2) is 9.97 Å². The molecular formula is C13H14N4OS. The molecule has 0 aliphatic heterocycles. The quantitative estimate of drug-likeness (QED) is 0.718. The Labute approximate surface area is 114 Å². The van der Waals surface area contributed by atoms with Gasteiger partial charge in [0.15, 0.2) is 0 Å². The zero-order valence-corrected chi connectivity index (χ0v) is 11.5. The molecule has 19 heavy (non-hydrogen) atoms. The van der Waals surface area contributed by atoms with Crippen molar-refractivity contribution in [1.82, 2.24) is 9.97 Å². The van der Waals surface area contributed by atoms with Gasteiger partial charge in [-0.2, -0.15) is 0 Å². The van der Waals surface area contributed by atoms with E-state index in [-0.39, 0.29) is 0 Å². The minimum atomic E-state index is 0.508. The Morgan fingerprint density at radius 3 is 2.95 bits per heavy atom. The molecule has 3 aromatic rings. The predicted octanol–water partition coefficient (Wildman–Crippen LogP) is 3.10. The lowest BCUT2D eigenvalue weighted by Crippen LogP contribution is -2.03. The van der Waals surface area contributed by atoms with Gasteiger partial charge in [0, 0.05) is 0 Å². The molecule has 0 amide bonds. The number of nitrogens with two attached hydrogens (primary N) is 1. The largest absolute Gasteiger partial charge is 0.444 e. The molecule has 3 N–H and O–H groups in total. The van der Waals surface area contributed by atoms with Gasteiger partial charge in [-0.25, -0.2) is 9.97 Å². The summed E-state index contributed by atoms with van der Waals surface area (Å²) in [5, 5.41) is 3.24. The molecule has 0 radical (unpaired) electrons. The zero-order valence-electron chi connectivity index (χ0n) is 10.7. The number of aromatic nitrogens is 2. The van der Waals surface area contributed by atoms with Gasteiger partial charge in [0.25, 0.3) is 0 Å². The summed E-state index contributed by atoms with van der Waals surface area (Å²) in [5.41, 5.74) is 11.2. The van der Waals surface area contributed by atoms with Gasteiger partial charge in [-0.3, -0.25) is 0 Å². The van der Waals surface area contributed by atoms with E-state index in [1.807, 2.05) is 26.0 Å². The molecule has 5 nitrogen and oxygen atoms in total. The number of nitrogens with one attached hydrogen (secondary N) is 1. The van der Waals surface area contributed by atoms with E-state index in [9.17, 15) is 0 Å². The first kappa shape index (κ1) is 12.0. The highest BCUT2D eigenvalue weighted by atomic mass is 32.1. The maximum absolute atomic E-state index is 6.09. The second-order valence-electron chi connectivity index (χ2n) is 4.33. The molecule has 2 aromatic heterocycles. The maximum atomic E-state index is 6.09. The number of aryl methyl sites for hydroxylation is 2. The van der Waals surface area contributed by atoms with E-state index in [1.165, 1.54) is 0 Å². The number of oxazole rings is 1. The van der Waals surface area contributed by atoms with Crippen molar-refractivity contribution in [2.24, 2.45) is 0 Å². The maximum Gasteiger partial charge on any atom is 0.213 e. The lowest BCUT2D eigenvalue weighted by Gasteiger charge is -2.07. The normalized spacial score (nSPS) is 11.1. The first-order valence-corrected chi connectivity index (χ1v) is 6.81. The molecule has 0 fully saturated rings. The summed E-state index contributed by atoms with van der Waals surface area (Å²) in [5.74, 6) is 1.51. The van der Waals surface area contributed by atoms with Crippen molar-refractivity contribution in [3.05, 3.63) is 35.0 Å². The summed E-state index contributed by atoms with van der Waals surface area (Å²) in [6.45, 7) is 4.34. The van der Waals surface area contributed by atoms with Crippen LogP contribution in [0, 0.1) is 13.8 Å². The van der Waals surface area contributed by atoms with Crippen molar-refractivity contribution >= 4 is 32.9 Å². The smallest absolute Gasteiger partial charge is 0.213 e. The van der Waals surface area contributed by atoms with Gasteiger partial charge in [-0.1, -0.05) is 0 Å². The van der Waals surface area contributed by atoms with E-state index in [0.717, 1.165) is 27.4 Å². The van der Waals surface area contributed by atoms with Gasteiger partial charge in [-0.05, 0) is 26.0 Å². The standard InChI is InChI=1S/C13H14N4OS/c1-7-8(2)18-11(17-7)5-15-9-3-4-10-13(12(9)14)16-6-19-10/h3-4,6,15H,5,14H2,1-2H3. The average molecular weight is 274 g/mol. The SMILES string of the molecule is Cc1nc(CNc2ccc3scnc3c2N)oc1C. The van der Waals surface area contributed by atoms with Crippen molar-refractivity contribution in [3.63, 3.8) is 0 Å². The first-order chi connectivity index (χ1) is 9.15. The second kappa shape index (κ2) is 4.55. The van der Waals surface area contributed by atoms with Crippen LogP contribution in [0.5, 0.6) is 0 Å². The number of nitrogens with zero attached hydrogens (tertiary/aromatic N) is 2. The topological polar surface area (TPSA) is 77.0 Å². The Morgan fingerprint density at radius 2 is 2.21 bits per heavy atom. The number of fused-ring (bicyclic) bond motifs is 1. The van der Waals surface area contributed by atoms with Crippen molar-refractivity contribution in [3.8, 4) is 0 Å². The summed E-state index contributed by atoms with van der Waals surface area (Å²) in [4.78, 5) is 8.59. The van der Waals surface area contributed by atoms with Crippen molar-refractivity contribution in [1.29, 1.82) is 0 Å². The average Bonchev–Trinajstić information content (AvgIpc) is 2.97. The van der Waals surface area contributed by atoms with Gasteiger partial charge >= 0.3 is 0 Å². The van der Waals surface area contributed by atoms with Gasteiger partial charge in [0.2, 0.25) is 5.89 Å². The summed E-state index contributed by atoms with van der Waals surface area (Å²) in [6, 6.07) is 3.97. The second-order valence-corrected chi connectivity index (χ2v) is 5.22. The molecule has 0 saturated heterocycles. The minimum absolute atomic E-state index is 0.508. The van der Waals surface area contributed by atoms with Crippen molar-refractivity contribution in [2.75, 3.05) is 11.1 Å². The Bertz CT molecular complexity index is 712. The molecule has 3 rings (SSSR count). The van der Waals surface area contributed by atoms with Crippen LogP contribution in [0.2, 0.25) is 0 Å². The van der Waals surface area contributed by atoms with E-state index in [2.05, 4.69) is 15.3 Å². The van der Waals surface area contributed by atoms with Crippen LogP contribution in [0.25, 0.3) is 10.2 Å². The molecule has 0 bridgehead atoms. The van der Waals surface area contributed by atoms with E-state index in [1.54, 1.807) is 16.8 Å². The Morgan fingerprint density at radius 1 is 1.37 bits per heavy atom. The zero-order chi connectivity index (χ0) is 13.4. The molecule has 0 atom stereocenters. The van der Waals surface area contributed by atoms with Crippen LogP contribution in [-0.2, 0) is 6.54 Å². The molecule has 0 spiro atoms. The number of benzene rings is 1. The molecule has 0 aliphatic rings. The van der Waals surface area contributed by atoms with Gasteiger partial charge in [0.1, 0.15) is 11.3 Å². The summed E-state index contributed by atoms with van der Waals surface area (Å²) >= 11 is 1.58. The molecule has 0 saturated carbocycles. The summed E-state index contributed by atoms with van der Waals surface area (Å²) < 4.78 is 6.61. The van der Waals surface area contributed by atoms with Gasteiger partial charge in [-0.15, -0.1) is 11.3 Å². The van der Waals surface area contributed by atoms with Crippen molar-refractivity contribution in [2.45, 2.75) is 20.4 Å². The molecule has 0 aliphatic carbocycles. The third-order valence-corrected chi connectivity index (χ3v) is 3.84. The molecule has 1 aromatic carbocycles. The van der Waals surface area contributed by atoms with Crippen LogP contribution in [0.15, 0.2) is 22.1 Å². The highest BCUT2D eigenvalue weighted by Gasteiger charge is 2.09. The molecule has 98 valence electrons. The minimum Gasteiger partial charge on any atom is -0.444 e. The summed E-state index contributed by atoms with van der Waals surface area (Å²) in [7, 11) is 0. The molecule has 2 heterocycles. The number of rotatable bonds is 3. The van der Waals surface area contributed by atoms with Gasteiger partial charge in [0.05, 0.1) is 33.8 Å². The first-order valence-electron chi connectivity index (χ1n) is 5.93. The van der Waals surface area contributed by atoms with Crippen LogP contribution in [0.3, 0.4) is 0 Å². The highest BCUT2D eigenvalue weighted by molar-refractivity contribution is 7.16. The number of hydrogen-bond donors (Lipinski definition) is 2. The predicted molar refractivity (Wildman–Crippen MR) is 77.3 cm³/mol. The monoisotopic (exact) mass is 274 g/mol. The lowest BCUT2D eigenvalue weighted by molar-refractivity contribution is 0.478. The van der Waals surface area contributed by atoms with E-state index >= 15 is 0 Å². The van der Waals surface area contributed by atoms with Crippen LogP contribution in [0.1, 0.15) is 17.3 Å². The number of anilines is 2. The van der Waals surface area contributed by atoms with Crippen LogP contribution < -0.4 is 11.1 Å². The summed E-state index contributed by atoms with van der Waals surface area (Å²) in [6.07, 6.45) is 0. The highest BCUT2D eigenvalue weighted by Crippen LogP contribution is 2.30. The Kier molecular flexibility index (Phi) is 2.87. The van der Waals surface area contributed by atoms with E-state index in [0.29, 0.717) is 18.1 Å². The third-order valence-electron chi connectivity index (χ3n) is 3.04. The molecule has 6 heteroatoms. The van der Waals surface area contributed by atoms with Crippen LogP contribution in [0.4, 0.5) is 11.4 Å². The fourth-order valence-electron chi connectivity index (χ4n) is 1.89. The number of hydrogen-bond acceptors (Lipinski definition) is 6. The molecule has 0 unspecified atom stereocenters. The number of nitrogen functional groups attached to an aromatic ring is 1. The number of thiazole rings is 1. The Hall–Kier alpha value is -2.08. The molecular weight excluding hydrogens is 260 g/mol.